The van der Waals surface area contributed by atoms with Gasteiger partial charge in [-0.3, -0.25) is 0 Å². The summed E-state index contributed by atoms with van der Waals surface area (Å²) < 4.78 is 11.9. The molecule has 0 aliphatic carbocycles. The topological polar surface area (TPSA) is 56.4 Å². The van der Waals surface area contributed by atoms with Gasteiger partial charge >= 0.3 is 0 Å². The standard InChI is InChI=1S/C21H28N2O2S/c1-4-6-12-24-19-15-21(26-17-10-8-16(3)9-11-17)20(14-18(19)23-22)25-13-7-5-2/h8-11,14-15,22H,4-7,12-13H2,1-3H3/p+1. The van der Waals surface area contributed by atoms with Crippen molar-refractivity contribution in [1.29, 1.82) is 0 Å². The molecule has 0 bridgehead atoms. The van der Waals surface area contributed by atoms with Gasteiger partial charge < -0.3 is 9.47 Å². The van der Waals surface area contributed by atoms with E-state index in [9.17, 15) is 0 Å². The second kappa shape index (κ2) is 10.9. The third-order valence-corrected chi connectivity index (χ3v) is 4.97. The van der Waals surface area contributed by atoms with Crippen molar-refractivity contribution < 1.29 is 15.0 Å². The zero-order valence-corrected chi connectivity index (χ0v) is 16.8. The van der Waals surface area contributed by atoms with Gasteiger partial charge in [0.25, 0.3) is 0 Å². The summed E-state index contributed by atoms with van der Waals surface area (Å²) in [5.41, 5.74) is 7.45. The molecule has 0 saturated heterocycles. The number of nitrogens with zero attached hydrogens (tertiary/aromatic N) is 1. The fourth-order valence-corrected chi connectivity index (χ4v) is 3.24. The summed E-state index contributed by atoms with van der Waals surface area (Å²) in [6, 6.07) is 12.3. The van der Waals surface area contributed by atoms with E-state index in [0.29, 0.717) is 24.7 Å². The van der Waals surface area contributed by atoms with Crippen molar-refractivity contribution in [2.45, 2.75) is 56.2 Å². The highest BCUT2D eigenvalue weighted by Gasteiger charge is 2.15. The van der Waals surface area contributed by atoms with E-state index < -0.39 is 0 Å². The predicted molar refractivity (Wildman–Crippen MR) is 107 cm³/mol. The minimum absolute atomic E-state index is 0.626. The minimum Gasteiger partial charge on any atom is -0.492 e. The van der Waals surface area contributed by atoms with Crippen molar-refractivity contribution in [3.05, 3.63) is 42.0 Å². The van der Waals surface area contributed by atoms with E-state index in [4.69, 9.17) is 15.0 Å². The zero-order chi connectivity index (χ0) is 18.8. The summed E-state index contributed by atoms with van der Waals surface area (Å²) in [6.07, 6.45) is 4.18. The molecule has 2 rings (SSSR count). The lowest BCUT2D eigenvalue weighted by Gasteiger charge is -2.14. The summed E-state index contributed by atoms with van der Waals surface area (Å²) in [6.45, 7) is 7.71. The van der Waals surface area contributed by atoms with E-state index in [-0.39, 0.29) is 0 Å². The van der Waals surface area contributed by atoms with Crippen LogP contribution in [0.3, 0.4) is 0 Å². The maximum absolute atomic E-state index is 6.00. The Morgan fingerprint density at radius 2 is 1.54 bits per heavy atom. The predicted octanol–water partition coefficient (Wildman–Crippen LogP) is 5.35. The third-order valence-electron chi connectivity index (χ3n) is 3.92. The molecule has 140 valence electrons. The Bertz CT molecular complexity index is 702. The lowest BCUT2D eigenvalue weighted by atomic mass is 10.2. The van der Waals surface area contributed by atoms with Crippen LogP contribution in [-0.4, -0.2) is 13.2 Å². The van der Waals surface area contributed by atoms with Crippen LogP contribution in [-0.2, 0) is 0 Å². The Hall–Kier alpha value is -2.01. The van der Waals surface area contributed by atoms with Gasteiger partial charge in [-0.1, -0.05) is 56.1 Å². The van der Waals surface area contributed by atoms with Gasteiger partial charge in [0.15, 0.2) is 11.4 Å². The number of hydrogen-bond donors (Lipinski definition) is 1. The summed E-state index contributed by atoms with van der Waals surface area (Å²) in [5.74, 6) is 1.51. The van der Waals surface area contributed by atoms with Gasteiger partial charge in [0.2, 0.25) is 0 Å². The molecule has 0 radical (unpaired) electrons. The number of unbranched alkanes of at least 4 members (excludes halogenated alkanes) is 2. The Morgan fingerprint density at radius 1 is 0.923 bits per heavy atom. The van der Waals surface area contributed by atoms with Gasteiger partial charge in [0.1, 0.15) is 5.75 Å². The minimum atomic E-state index is 0.626. The first-order valence-electron chi connectivity index (χ1n) is 9.27. The van der Waals surface area contributed by atoms with Crippen LogP contribution in [0.5, 0.6) is 11.5 Å². The van der Waals surface area contributed by atoms with Crippen molar-refractivity contribution in [3.8, 4) is 11.5 Å². The van der Waals surface area contributed by atoms with Crippen LogP contribution in [0.15, 0.2) is 51.3 Å². The van der Waals surface area contributed by atoms with Crippen molar-refractivity contribution in [2.24, 2.45) is 5.11 Å². The molecular formula is C21H29N2O2S+. The molecule has 0 aliphatic heterocycles. The normalized spacial score (nSPS) is 10.6. The van der Waals surface area contributed by atoms with Crippen LogP contribution in [0.2, 0.25) is 0 Å². The van der Waals surface area contributed by atoms with Crippen LogP contribution in [0.4, 0.5) is 5.69 Å². The van der Waals surface area contributed by atoms with Crippen molar-refractivity contribution in [1.82, 2.24) is 0 Å². The lowest BCUT2D eigenvalue weighted by Crippen LogP contribution is -2.22. The maximum Gasteiger partial charge on any atom is 0.175 e. The second-order valence-electron chi connectivity index (χ2n) is 6.21. The largest absolute Gasteiger partial charge is 0.492 e. The van der Waals surface area contributed by atoms with Crippen molar-refractivity contribution in [3.63, 3.8) is 0 Å². The molecule has 0 aromatic heterocycles. The Balaban J connectivity index is 2.30. The van der Waals surface area contributed by atoms with Crippen molar-refractivity contribution in [2.75, 3.05) is 13.2 Å². The molecule has 2 N–H and O–H groups in total. The number of aryl methyl sites for hydroxylation is 1. The molecule has 0 spiro atoms. The summed E-state index contributed by atoms with van der Waals surface area (Å²) in [7, 11) is 0. The van der Waals surface area contributed by atoms with Crippen LogP contribution >= 0.6 is 11.8 Å². The highest BCUT2D eigenvalue weighted by atomic mass is 32.2. The average molecular weight is 374 g/mol. The number of rotatable bonds is 11. The molecule has 2 aromatic carbocycles. The highest BCUT2D eigenvalue weighted by Crippen LogP contribution is 2.42. The monoisotopic (exact) mass is 373 g/mol. The number of nitrogens with two attached hydrogens (primary N) is 1. The Labute approximate surface area is 160 Å². The van der Waals surface area contributed by atoms with E-state index in [1.165, 1.54) is 5.56 Å². The maximum atomic E-state index is 6.00. The van der Waals surface area contributed by atoms with Crippen LogP contribution in [0.25, 0.3) is 0 Å². The molecular weight excluding hydrogens is 344 g/mol. The van der Waals surface area contributed by atoms with Gasteiger partial charge in [-0.15, -0.1) is 0 Å². The molecule has 0 saturated carbocycles. The molecule has 0 aliphatic rings. The number of ether oxygens (including phenoxy) is 2. The van der Waals surface area contributed by atoms with E-state index in [2.05, 4.69) is 50.2 Å². The Morgan fingerprint density at radius 3 is 2.12 bits per heavy atom. The van der Waals surface area contributed by atoms with Crippen LogP contribution < -0.4 is 15.0 Å². The number of hydrogen-bond acceptors (Lipinski definition) is 4. The van der Waals surface area contributed by atoms with E-state index in [1.54, 1.807) is 11.8 Å². The first-order chi connectivity index (χ1) is 12.7. The van der Waals surface area contributed by atoms with E-state index in [0.717, 1.165) is 41.2 Å². The molecule has 4 nitrogen and oxygen atoms in total. The smallest absolute Gasteiger partial charge is 0.175 e. The van der Waals surface area contributed by atoms with Crippen LogP contribution in [0.1, 0.15) is 45.1 Å². The summed E-state index contributed by atoms with van der Waals surface area (Å²) in [4.78, 5) is 2.18. The first-order valence-corrected chi connectivity index (χ1v) is 10.1. The highest BCUT2D eigenvalue weighted by molar-refractivity contribution is 7.99. The van der Waals surface area contributed by atoms with Crippen molar-refractivity contribution >= 4 is 17.4 Å². The molecule has 26 heavy (non-hydrogen) atoms. The lowest BCUT2D eigenvalue weighted by molar-refractivity contribution is -0.210. The third kappa shape index (κ3) is 6.06. The number of benzene rings is 2. The first kappa shape index (κ1) is 20.3. The van der Waals surface area contributed by atoms with Gasteiger partial charge in [0, 0.05) is 17.0 Å². The van der Waals surface area contributed by atoms with Gasteiger partial charge in [-0.05, 0) is 37.0 Å². The van der Waals surface area contributed by atoms with Gasteiger partial charge in [0.05, 0.1) is 18.1 Å². The van der Waals surface area contributed by atoms with E-state index in [1.807, 2.05) is 12.1 Å². The fraction of sp³-hybridized carbons (Fsp3) is 0.429. The van der Waals surface area contributed by atoms with Crippen LogP contribution in [0, 0.1) is 6.92 Å². The van der Waals surface area contributed by atoms with Gasteiger partial charge in [-0.25, -0.2) is 0 Å². The second-order valence-corrected chi connectivity index (χ2v) is 7.33. The molecule has 0 heterocycles. The molecule has 0 amide bonds. The molecule has 2 aromatic rings. The average Bonchev–Trinajstić information content (AvgIpc) is 2.65. The quantitative estimate of drug-likeness (QED) is 0.427. The summed E-state index contributed by atoms with van der Waals surface area (Å²) >= 11 is 1.67. The Kier molecular flexibility index (Phi) is 8.48. The molecule has 0 unspecified atom stereocenters. The molecule has 0 atom stereocenters. The van der Waals surface area contributed by atoms with E-state index >= 15 is 0 Å². The SMILES string of the molecule is CCCCOc1cc(Sc2ccc(C)cc2)c(OCCCC)cc1N=[NH2+]. The zero-order valence-electron chi connectivity index (χ0n) is 16.0. The van der Waals surface area contributed by atoms with Gasteiger partial charge in [-0.2, -0.15) is 5.53 Å². The summed E-state index contributed by atoms with van der Waals surface area (Å²) in [5, 5.41) is 3.88. The molecule has 0 fully saturated rings. The fourth-order valence-electron chi connectivity index (χ4n) is 2.33. The molecule has 5 heteroatoms.